The molecule has 19 heavy (non-hydrogen) atoms. The number of nitrogens with one attached hydrogen (secondary N) is 1. The van der Waals surface area contributed by atoms with Gasteiger partial charge in [0.05, 0.1) is 12.3 Å². The molecule has 2 aromatic rings. The van der Waals surface area contributed by atoms with E-state index in [0.29, 0.717) is 12.4 Å². The minimum absolute atomic E-state index is 0.00591. The Morgan fingerprint density at radius 3 is 2.79 bits per heavy atom. The molecule has 4 nitrogen and oxygen atoms in total. The van der Waals surface area contributed by atoms with Crippen LogP contribution < -0.4 is 10.3 Å². The summed E-state index contributed by atoms with van der Waals surface area (Å²) < 4.78 is 5.40. The highest BCUT2D eigenvalue weighted by Gasteiger charge is 2.17. The number of fused-ring (bicyclic) bond motifs is 1. The molecule has 0 aliphatic heterocycles. The van der Waals surface area contributed by atoms with E-state index in [1.165, 1.54) is 0 Å². The summed E-state index contributed by atoms with van der Waals surface area (Å²) in [5.74, 6) is 1.48. The van der Waals surface area contributed by atoms with Gasteiger partial charge in [0.2, 0.25) is 0 Å². The average molecular weight is 256 g/mol. The van der Waals surface area contributed by atoms with Crippen LogP contribution >= 0.6 is 0 Å². The van der Waals surface area contributed by atoms with Gasteiger partial charge in [0.15, 0.2) is 0 Å². The van der Waals surface area contributed by atoms with Crippen LogP contribution in [0.15, 0.2) is 29.1 Å². The van der Waals surface area contributed by atoms with E-state index < -0.39 is 0 Å². The summed E-state index contributed by atoms with van der Waals surface area (Å²) in [6.45, 7) is 2.60. The molecular formula is C15H16N2O2. The van der Waals surface area contributed by atoms with Gasteiger partial charge < -0.3 is 9.72 Å². The number of rotatable bonds is 3. The third-order valence-electron chi connectivity index (χ3n) is 3.38. The van der Waals surface area contributed by atoms with Gasteiger partial charge in [-0.3, -0.25) is 4.79 Å². The predicted octanol–water partition coefficient (Wildman–Crippen LogP) is 2.32. The van der Waals surface area contributed by atoms with Gasteiger partial charge in [-0.2, -0.15) is 0 Å². The van der Waals surface area contributed by atoms with Gasteiger partial charge >= 0.3 is 0 Å². The van der Waals surface area contributed by atoms with Crippen molar-refractivity contribution in [1.82, 2.24) is 9.97 Å². The van der Waals surface area contributed by atoms with Crippen LogP contribution in [-0.2, 0) is 12.8 Å². The lowest BCUT2D eigenvalue weighted by Gasteiger charge is -2.06. The smallest absolute Gasteiger partial charge is 0.254 e. The van der Waals surface area contributed by atoms with E-state index in [1.807, 2.05) is 31.2 Å². The number of ether oxygens (including phenoxy) is 1. The fourth-order valence-electron chi connectivity index (χ4n) is 2.45. The second kappa shape index (κ2) is 4.88. The lowest BCUT2D eigenvalue weighted by Crippen LogP contribution is -2.15. The Labute approximate surface area is 111 Å². The van der Waals surface area contributed by atoms with Gasteiger partial charge in [0, 0.05) is 11.1 Å². The van der Waals surface area contributed by atoms with Crippen LogP contribution in [0.5, 0.6) is 5.75 Å². The molecule has 1 aliphatic rings. The van der Waals surface area contributed by atoms with Crippen LogP contribution in [0.1, 0.15) is 24.6 Å². The van der Waals surface area contributed by atoms with Crippen molar-refractivity contribution in [2.45, 2.75) is 26.2 Å². The summed E-state index contributed by atoms with van der Waals surface area (Å²) in [5.41, 5.74) is 2.73. The second-order valence-electron chi connectivity index (χ2n) is 4.65. The van der Waals surface area contributed by atoms with Crippen molar-refractivity contribution in [3.05, 3.63) is 45.9 Å². The van der Waals surface area contributed by atoms with Crippen molar-refractivity contribution in [2.24, 2.45) is 0 Å². The van der Waals surface area contributed by atoms with Crippen LogP contribution in [-0.4, -0.2) is 16.6 Å². The number of benzene rings is 1. The van der Waals surface area contributed by atoms with E-state index in [4.69, 9.17) is 4.74 Å². The molecule has 0 saturated carbocycles. The van der Waals surface area contributed by atoms with E-state index in [0.717, 1.165) is 41.8 Å². The summed E-state index contributed by atoms with van der Waals surface area (Å²) in [6, 6.07) is 7.63. The number of H-pyrrole nitrogens is 1. The molecule has 0 radical (unpaired) electrons. The molecule has 0 fully saturated rings. The number of hydrogen-bond donors (Lipinski definition) is 1. The Bertz CT molecular complexity index is 644. The molecule has 1 heterocycles. The maximum Gasteiger partial charge on any atom is 0.254 e. The van der Waals surface area contributed by atoms with Gasteiger partial charge in [0.1, 0.15) is 11.6 Å². The summed E-state index contributed by atoms with van der Waals surface area (Å²) >= 11 is 0. The van der Waals surface area contributed by atoms with Crippen LogP contribution in [0.3, 0.4) is 0 Å². The Hall–Kier alpha value is -2.10. The van der Waals surface area contributed by atoms with Crippen molar-refractivity contribution >= 4 is 0 Å². The number of aromatic amines is 1. The standard InChI is InChI=1S/C15H16N2O2/c1-2-19-11-8-6-10(7-9-11)14-16-13-5-3-4-12(13)15(18)17-14/h6-9H,2-5H2,1H3,(H,16,17,18). The second-order valence-corrected chi connectivity index (χ2v) is 4.65. The van der Waals surface area contributed by atoms with E-state index in [1.54, 1.807) is 0 Å². The topological polar surface area (TPSA) is 55.0 Å². The molecule has 3 rings (SSSR count). The normalized spacial score (nSPS) is 13.3. The third kappa shape index (κ3) is 2.26. The Kier molecular flexibility index (Phi) is 3.07. The zero-order valence-electron chi connectivity index (χ0n) is 10.9. The number of nitrogens with zero attached hydrogens (tertiary/aromatic N) is 1. The lowest BCUT2D eigenvalue weighted by molar-refractivity contribution is 0.340. The molecule has 0 amide bonds. The summed E-state index contributed by atoms with van der Waals surface area (Å²) in [7, 11) is 0. The first-order chi connectivity index (χ1) is 9.28. The zero-order valence-corrected chi connectivity index (χ0v) is 10.9. The maximum atomic E-state index is 12.0. The fourth-order valence-corrected chi connectivity index (χ4v) is 2.45. The number of aromatic nitrogens is 2. The van der Waals surface area contributed by atoms with Crippen LogP contribution in [0, 0.1) is 0 Å². The maximum absolute atomic E-state index is 12.0. The minimum Gasteiger partial charge on any atom is -0.494 e. The average Bonchev–Trinajstić information content (AvgIpc) is 2.89. The fraction of sp³-hybridized carbons (Fsp3) is 0.333. The van der Waals surface area contributed by atoms with Crippen LogP contribution in [0.2, 0.25) is 0 Å². The number of aryl methyl sites for hydroxylation is 1. The molecule has 98 valence electrons. The van der Waals surface area contributed by atoms with Crippen LogP contribution in [0.4, 0.5) is 0 Å². The van der Waals surface area contributed by atoms with E-state index in [2.05, 4.69) is 9.97 Å². The van der Waals surface area contributed by atoms with Gasteiger partial charge in [-0.05, 0) is 50.5 Å². The molecule has 1 aliphatic carbocycles. The monoisotopic (exact) mass is 256 g/mol. The highest BCUT2D eigenvalue weighted by Crippen LogP contribution is 2.22. The summed E-state index contributed by atoms with van der Waals surface area (Å²) in [6.07, 6.45) is 2.78. The van der Waals surface area contributed by atoms with Gasteiger partial charge in [0.25, 0.3) is 5.56 Å². The first-order valence-electron chi connectivity index (χ1n) is 6.63. The third-order valence-corrected chi connectivity index (χ3v) is 3.38. The predicted molar refractivity (Wildman–Crippen MR) is 73.5 cm³/mol. The molecule has 0 bridgehead atoms. The molecule has 0 unspecified atom stereocenters. The Morgan fingerprint density at radius 2 is 2.05 bits per heavy atom. The Morgan fingerprint density at radius 1 is 1.26 bits per heavy atom. The highest BCUT2D eigenvalue weighted by atomic mass is 16.5. The minimum atomic E-state index is 0.00591. The van der Waals surface area contributed by atoms with Crippen molar-refractivity contribution in [3.8, 4) is 17.1 Å². The summed E-state index contributed by atoms with van der Waals surface area (Å²) in [4.78, 5) is 19.4. The van der Waals surface area contributed by atoms with Gasteiger partial charge in [-0.15, -0.1) is 0 Å². The van der Waals surface area contributed by atoms with Gasteiger partial charge in [-0.25, -0.2) is 4.98 Å². The highest BCUT2D eigenvalue weighted by molar-refractivity contribution is 5.56. The Balaban J connectivity index is 1.98. The van der Waals surface area contributed by atoms with Crippen LogP contribution in [0.25, 0.3) is 11.4 Å². The van der Waals surface area contributed by atoms with Gasteiger partial charge in [-0.1, -0.05) is 0 Å². The van der Waals surface area contributed by atoms with E-state index in [-0.39, 0.29) is 5.56 Å². The lowest BCUT2D eigenvalue weighted by atomic mass is 10.2. The molecule has 1 aromatic heterocycles. The van der Waals surface area contributed by atoms with Crippen molar-refractivity contribution < 1.29 is 4.74 Å². The molecule has 1 N–H and O–H groups in total. The van der Waals surface area contributed by atoms with E-state index in [9.17, 15) is 4.79 Å². The van der Waals surface area contributed by atoms with E-state index >= 15 is 0 Å². The molecule has 0 saturated heterocycles. The number of hydrogen-bond acceptors (Lipinski definition) is 3. The largest absolute Gasteiger partial charge is 0.494 e. The SMILES string of the molecule is CCOc1ccc(-c2nc3c(c(=O)[nH]2)CCC3)cc1. The molecule has 1 aromatic carbocycles. The summed E-state index contributed by atoms with van der Waals surface area (Å²) in [5, 5.41) is 0. The first kappa shape index (κ1) is 12.0. The zero-order chi connectivity index (χ0) is 13.2. The van der Waals surface area contributed by atoms with Crippen molar-refractivity contribution in [2.75, 3.05) is 6.61 Å². The molecule has 4 heteroatoms. The molecule has 0 atom stereocenters. The van der Waals surface area contributed by atoms with Crippen molar-refractivity contribution in [3.63, 3.8) is 0 Å². The quantitative estimate of drug-likeness (QED) is 0.917. The van der Waals surface area contributed by atoms with Crippen molar-refractivity contribution in [1.29, 1.82) is 0 Å². The first-order valence-corrected chi connectivity index (χ1v) is 6.63. The molecular weight excluding hydrogens is 240 g/mol. The molecule has 0 spiro atoms.